The summed E-state index contributed by atoms with van der Waals surface area (Å²) in [7, 11) is 3.54. The van der Waals surface area contributed by atoms with E-state index in [-0.39, 0.29) is 5.91 Å². The molecule has 7 heteroatoms. The van der Waals surface area contributed by atoms with Gasteiger partial charge < -0.3 is 20.3 Å². The van der Waals surface area contributed by atoms with Gasteiger partial charge in [-0.25, -0.2) is 9.97 Å². The molecule has 0 aliphatic carbocycles. The number of amides is 1. The number of aromatic nitrogens is 2. The molecule has 0 aliphatic heterocycles. The largest absolute Gasteiger partial charge is 0.374 e. The van der Waals surface area contributed by atoms with Gasteiger partial charge in [-0.2, -0.15) is 0 Å². The summed E-state index contributed by atoms with van der Waals surface area (Å²) in [4.78, 5) is 22.1. The molecule has 2 N–H and O–H groups in total. The molecule has 118 valence electrons. The molecule has 0 unspecified atom stereocenters. The maximum Gasteiger partial charge on any atom is 0.221 e. The Labute approximate surface area is 126 Å². The molecule has 0 bridgehead atoms. The fraction of sp³-hybridized carbons (Fsp3) is 0.643. The molecule has 0 aromatic carbocycles. The number of nitrogens with one attached hydrogen (secondary N) is 2. The summed E-state index contributed by atoms with van der Waals surface area (Å²) < 4.78 is 5.37. The number of carbonyl (C=O) groups is 1. The zero-order chi connectivity index (χ0) is 15.7. The van der Waals surface area contributed by atoms with Gasteiger partial charge >= 0.3 is 0 Å². The van der Waals surface area contributed by atoms with Crippen molar-refractivity contribution < 1.29 is 9.53 Å². The first-order chi connectivity index (χ1) is 10.1. The minimum Gasteiger partial charge on any atom is -0.374 e. The number of nitrogens with zero attached hydrogens (tertiary/aromatic N) is 3. The van der Waals surface area contributed by atoms with Gasteiger partial charge in [-0.1, -0.05) is 0 Å². The average molecular weight is 295 g/mol. The van der Waals surface area contributed by atoms with E-state index in [1.165, 1.54) is 0 Å². The maximum absolute atomic E-state index is 11.3. The third kappa shape index (κ3) is 5.95. The fourth-order valence-electron chi connectivity index (χ4n) is 1.72. The first-order valence-electron chi connectivity index (χ1n) is 7.22. The van der Waals surface area contributed by atoms with Crippen LogP contribution < -0.4 is 15.5 Å². The van der Waals surface area contributed by atoms with Crippen LogP contribution in [-0.2, 0) is 16.1 Å². The lowest BCUT2D eigenvalue weighted by atomic mass is 10.3. The highest BCUT2D eigenvalue weighted by molar-refractivity contribution is 5.76. The predicted octanol–water partition coefficient (Wildman–Crippen LogP) is 1.02. The fourth-order valence-corrected chi connectivity index (χ4v) is 1.72. The minimum atomic E-state index is 0.0114. The summed E-state index contributed by atoms with van der Waals surface area (Å²) in [5.41, 5.74) is 0. The van der Waals surface area contributed by atoms with Gasteiger partial charge in [-0.05, 0) is 13.8 Å². The van der Waals surface area contributed by atoms with Crippen LogP contribution in [0.3, 0.4) is 0 Å². The average Bonchev–Trinajstić information content (AvgIpc) is 2.50. The Morgan fingerprint density at radius 3 is 2.76 bits per heavy atom. The van der Waals surface area contributed by atoms with Crippen molar-refractivity contribution in [3.05, 3.63) is 11.9 Å². The standard InChI is InChI=1S/C14H25N5O2/c1-5-16-11-9-13(18-12(17-11)10-21-6-2)19(4)8-7-14(20)15-3/h9H,5-8,10H2,1-4H3,(H,15,20)(H,16,17,18). The second-order valence-corrected chi connectivity index (χ2v) is 4.54. The summed E-state index contributed by atoms with van der Waals surface area (Å²) in [5, 5.41) is 5.80. The molecule has 21 heavy (non-hydrogen) atoms. The van der Waals surface area contributed by atoms with Crippen LogP contribution >= 0.6 is 0 Å². The van der Waals surface area contributed by atoms with Gasteiger partial charge in [0.15, 0.2) is 5.82 Å². The number of hydrogen-bond donors (Lipinski definition) is 2. The van der Waals surface area contributed by atoms with Crippen LogP contribution in [0.15, 0.2) is 6.07 Å². The van der Waals surface area contributed by atoms with Crippen LogP contribution in [0.25, 0.3) is 0 Å². The minimum absolute atomic E-state index is 0.0114. The summed E-state index contributed by atoms with van der Waals surface area (Å²) in [6.45, 7) is 6.33. The quantitative estimate of drug-likeness (QED) is 0.708. The van der Waals surface area contributed by atoms with Crippen LogP contribution in [0.4, 0.5) is 11.6 Å². The SMILES string of the molecule is CCNc1cc(N(C)CCC(=O)NC)nc(COCC)n1. The van der Waals surface area contributed by atoms with E-state index in [1.807, 2.05) is 31.9 Å². The molecule has 0 saturated carbocycles. The molecule has 0 fully saturated rings. The number of hydrogen-bond acceptors (Lipinski definition) is 6. The second kappa shape index (κ2) is 9.12. The number of ether oxygens (including phenoxy) is 1. The molecule has 0 radical (unpaired) electrons. The van der Waals surface area contributed by atoms with E-state index in [0.29, 0.717) is 32.0 Å². The van der Waals surface area contributed by atoms with Gasteiger partial charge in [0.25, 0.3) is 0 Å². The van der Waals surface area contributed by atoms with Crippen molar-refractivity contribution in [3.63, 3.8) is 0 Å². The monoisotopic (exact) mass is 295 g/mol. The Bertz CT molecular complexity index is 453. The molecule has 0 atom stereocenters. The van der Waals surface area contributed by atoms with E-state index < -0.39 is 0 Å². The molecule has 0 saturated heterocycles. The third-order valence-electron chi connectivity index (χ3n) is 2.90. The van der Waals surface area contributed by atoms with Gasteiger partial charge in [-0.3, -0.25) is 4.79 Å². The molecular weight excluding hydrogens is 270 g/mol. The second-order valence-electron chi connectivity index (χ2n) is 4.54. The van der Waals surface area contributed by atoms with E-state index in [9.17, 15) is 4.79 Å². The van der Waals surface area contributed by atoms with E-state index in [0.717, 1.165) is 18.2 Å². The Kier molecular flexibility index (Phi) is 7.45. The molecule has 1 aromatic heterocycles. The van der Waals surface area contributed by atoms with E-state index >= 15 is 0 Å². The normalized spacial score (nSPS) is 10.3. The highest BCUT2D eigenvalue weighted by atomic mass is 16.5. The lowest BCUT2D eigenvalue weighted by molar-refractivity contribution is -0.120. The van der Waals surface area contributed by atoms with Crippen molar-refractivity contribution in [2.45, 2.75) is 26.9 Å². The summed E-state index contributed by atoms with van der Waals surface area (Å²) in [6, 6.07) is 1.88. The zero-order valence-electron chi connectivity index (χ0n) is 13.3. The van der Waals surface area contributed by atoms with Crippen LogP contribution in [0, 0.1) is 0 Å². The van der Waals surface area contributed by atoms with Crippen LogP contribution in [-0.4, -0.2) is 49.7 Å². The topological polar surface area (TPSA) is 79.4 Å². The summed E-state index contributed by atoms with van der Waals surface area (Å²) in [5.74, 6) is 2.19. The van der Waals surface area contributed by atoms with Crippen LogP contribution in [0.1, 0.15) is 26.1 Å². The Balaban J connectivity index is 2.82. The molecule has 7 nitrogen and oxygen atoms in total. The van der Waals surface area contributed by atoms with Gasteiger partial charge in [0.1, 0.15) is 18.2 Å². The molecular formula is C14H25N5O2. The summed E-state index contributed by atoms with van der Waals surface area (Å²) in [6.07, 6.45) is 0.425. The first-order valence-corrected chi connectivity index (χ1v) is 7.22. The Hall–Kier alpha value is -1.89. The Morgan fingerprint density at radius 2 is 2.14 bits per heavy atom. The first kappa shape index (κ1) is 17.2. The number of carbonyl (C=O) groups excluding carboxylic acids is 1. The van der Waals surface area contributed by atoms with Gasteiger partial charge in [-0.15, -0.1) is 0 Å². The molecule has 1 rings (SSSR count). The highest BCUT2D eigenvalue weighted by Gasteiger charge is 2.10. The van der Waals surface area contributed by atoms with Crippen molar-refractivity contribution in [1.82, 2.24) is 15.3 Å². The smallest absolute Gasteiger partial charge is 0.221 e. The van der Waals surface area contributed by atoms with Gasteiger partial charge in [0.2, 0.25) is 5.91 Å². The third-order valence-corrected chi connectivity index (χ3v) is 2.90. The van der Waals surface area contributed by atoms with Crippen molar-refractivity contribution in [2.75, 3.05) is 44.0 Å². The van der Waals surface area contributed by atoms with Crippen molar-refractivity contribution in [3.8, 4) is 0 Å². The van der Waals surface area contributed by atoms with E-state index in [4.69, 9.17) is 4.74 Å². The lowest BCUT2D eigenvalue weighted by Gasteiger charge is -2.19. The molecule has 1 aromatic rings. The molecule has 0 aliphatic rings. The Morgan fingerprint density at radius 1 is 1.38 bits per heavy atom. The zero-order valence-corrected chi connectivity index (χ0v) is 13.3. The predicted molar refractivity (Wildman–Crippen MR) is 83.5 cm³/mol. The van der Waals surface area contributed by atoms with E-state index in [2.05, 4.69) is 20.6 Å². The van der Waals surface area contributed by atoms with Crippen molar-refractivity contribution in [2.24, 2.45) is 0 Å². The van der Waals surface area contributed by atoms with Crippen LogP contribution in [0.5, 0.6) is 0 Å². The number of rotatable bonds is 9. The number of anilines is 2. The van der Waals surface area contributed by atoms with Crippen LogP contribution in [0.2, 0.25) is 0 Å². The van der Waals surface area contributed by atoms with Gasteiger partial charge in [0, 0.05) is 46.3 Å². The maximum atomic E-state index is 11.3. The van der Waals surface area contributed by atoms with Crippen molar-refractivity contribution >= 4 is 17.5 Å². The molecule has 1 heterocycles. The summed E-state index contributed by atoms with van der Waals surface area (Å²) >= 11 is 0. The molecule has 0 spiro atoms. The van der Waals surface area contributed by atoms with Gasteiger partial charge in [0.05, 0.1) is 0 Å². The highest BCUT2D eigenvalue weighted by Crippen LogP contribution is 2.15. The lowest BCUT2D eigenvalue weighted by Crippen LogP contribution is -2.27. The van der Waals surface area contributed by atoms with E-state index in [1.54, 1.807) is 7.05 Å². The van der Waals surface area contributed by atoms with Crippen molar-refractivity contribution in [1.29, 1.82) is 0 Å². The molecule has 1 amide bonds.